The maximum atomic E-state index is 11.6. The van der Waals surface area contributed by atoms with E-state index in [9.17, 15) is 9.59 Å². The minimum Gasteiger partial charge on any atom is -0.478 e. The monoisotopic (exact) mass is 231 g/mol. The molecule has 1 heterocycles. The number of hydrogen-bond donors (Lipinski definition) is 3. The lowest BCUT2D eigenvalue weighted by Crippen LogP contribution is -2.12. The van der Waals surface area contributed by atoms with Gasteiger partial charge in [-0.05, 0) is 24.3 Å². The summed E-state index contributed by atoms with van der Waals surface area (Å²) in [5, 5.41) is 11.3. The van der Waals surface area contributed by atoms with Crippen LogP contribution in [0.4, 0.5) is 5.69 Å². The molecule has 6 heteroatoms. The third kappa shape index (κ3) is 2.49. The maximum absolute atomic E-state index is 11.6. The molecule has 1 aromatic heterocycles. The van der Waals surface area contributed by atoms with Gasteiger partial charge < -0.3 is 15.4 Å². The molecule has 0 radical (unpaired) electrons. The summed E-state index contributed by atoms with van der Waals surface area (Å²) in [6, 6.07) is 5.89. The highest BCUT2D eigenvalue weighted by atomic mass is 16.4. The van der Waals surface area contributed by atoms with Crippen LogP contribution in [0.2, 0.25) is 0 Å². The fraction of sp³-hybridized carbons (Fsp3) is 0. The van der Waals surface area contributed by atoms with E-state index in [2.05, 4.69) is 15.3 Å². The molecule has 0 spiro atoms. The Morgan fingerprint density at radius 2 is 1.94 bits per heavy atom. The van der Waals surface area contributed by atoms with Gasteiger partial charge in [0.05, 0.1) is 18.1 Å². The van der Waals surface area contributed by atoms with Crippen LogP contribution < -0.4 is 5.32 Å². The summed E-state index contributed by atoms with van der Waals surface area (Å²) >= 11 is 0. The van der Waals surface area contributed by atoms with Gasteiger partial charge >= 0.3 is 5.97 Å². The molecule has 0 aliphatic carbocycles. The van der Waals surface area contributed by atoms with Gasteiger partial charge in [-0.15, -0.1) is 0 Å². The van der Waals surface area contributed by atoms with E-state index in [1.54, 1.807) is 0 Å². The molecule has 0 aliphatic heterocycles. The summed E-state index contributed by atoms with van der Waals surface area (Å²) in [5.41, 5.74) is 1.03. The molecular weight excluding hydrogens is 222 g/mol. The molecule has 3 N–H and O–H groups in total. The van der Waals surface area contributed by atoms with Crippen LogP contribution in [-0.2, 0) is 0 Å². The van der Waals surface area contributed by atoms with Crippen molar-refractivity contribution >= 4 is 17.6 Å². The van der Waals surface area contributed by atoms with Gasteiger partial charge in [-0.3, -0.25) is 4.79 Å². The van der Waals surface area contributed by atoms with Crippen molar-refractivity contribution in [3.8, 4) is 0 Å². The van der Waals surface area contributed by atoms with Gasteiger partial charge in [0.15, 0.2) is 0 Å². The number of carboxylic acid groups (broad SMARTS) is 1. The van der Waals surface area contributed by atoms with E-state index < -0.39 is 5.97 Å². The molecule has 2 rings (SSSR count). The molecule has 17 heavy (non-hydrogen) atoms. The molecule has 0 atom stereocenters. The van der Waals surface area contributed by atoms with Crippen LogP contribution in [0.25, 0.3) is 0 Å². The van der Waals surface area contributed by atoms with Gasteiger partial charge in [-0.2, -0.15) is 0 Å². The summed E-state index contributed by atoms with van der Waals surface area (Å²) in [6.07, 6.45) is 2.81. The van der Waals surface area contributed by atoms with E-state index in [4.69, 9.17) is 5.11 Å². The van der Waals surface area contributed by atoms with Crippen LogP contribution in [-0.4, -0.2) is 27.0 Å². The number of amides is 1. The number of nitrogens with zero attached hydrogens (tertiary/aromatic N) is 1. The minimum absolute atomic E-state index is 0.171. The Kier molecular flexibility index (Phi) is 2.87. The Bertz CT molecular complexity index is 532. The molecule has 0 unspecified atom stereocenters. The van der Waals surface area contributed by atoms with Gasteiger partial charge in [0, 0.05) is 5.69 Å². The predicted octanol–water partition coefficient (Wildman–Crippen LogP) is 1.36. The second-order valence-corrected chi connectivity index (χ2v) is 3.30. The number of carbonyl (C=O) groups excluding carboxylic acids is 1. The van der Waals surface area contributed by atoms with Crippen molar-refractivity contribution in [2.24, 2.45) is 0 Å². The normalized spacial score (nSPS) is 9.88. The van der Waals surface area contributed by atoms with Crippen molar-refractivity contribution < 1.29 is 14.7 Å². The maximum Gasteiger partial charge on any atom is 0.335 e. The highest BCUT2D eigenvalue weighted by Gasteiger charge is 2.07. The fourth-order valence-electron chi connectivity index (χ4n) is 1.27. The minimum atomic E-state index is -1.00. The molecule has 6 nitrogen and oxygen atoms in total. The van der Waals surface area contributed by atoms with Crippen molar-refractivity contribution in [2.75, 3.05) is 5.32 Å². The highest BCUT2D eigenvalue weighted by molar-refractivity contribution is 6.02. The Morgan fingerprint density at radius 3 is 2.47 bits per heavy atom. The van der Waals surface area contributed by atoms with Crippen LogP contribution in [0.3, 0.4) is 0 Å². The van der Waals surface area contributed by atoms with E-state index in [1.165, 1.54) is 36.8 Å². The molecule has 0 aliphatic rings. The van der Waals surface area contributed by atoms with Crippen molar-refractivity contribution in [1.29, 1.82) is 0 Å². The van der Waals surface area contributed by atoms with Gasteiger partial charge in [-0.25, -0.2) is 9.78 Å². The van der Waals surface area contributed by atoms with Crippen LogP contribution in [0.15, 0.2) is 36.8 Å². The van der Waals surface area contributed by atoms with E-state index in [0.717, 1.165) is 0 Å². The zero-order chi connectivity index (χ0) is 12.3. The quantitative estimate of drug-likeness (QED) is 0.743. The SMILES string of the molecule is O=C(O)c1ccc(NC(=O)c2cnc[nH]2)cc1. The second-order valence-electron chi connectivity index (χ2n) is 3.30. The van der Waals surface area contributed by atoms with Crippen LogP contribution >= 0.6 is 0 Å². The number of carbonyl (C=O) groups is 2. The predicted molar refractivity (Wildman–Crippen MR) is 59.9 cm³/mol. The smallest absolute Gasteiger partial charge is 0.335 e. The molecule has 1 amide bonds. The van der Waals surface area contributed by atoms with Crippen molar-refractivity contribution in [3.05, 3.63) is 48.0 Å². The Hall–Kier alpha value is -2.63. The Morgan fingerprint density at radius 1 is 1.24 bits per heavy atom. The van der Waals surface area contributed by atoms with Crippen LogP contribution in [0.5, 0.6) is 0 Å². The standard InChI is InChI=1S/C11H9N3O3/c15-10(9-5-12-6-13-9)14-8-3-1-7(2-4-8)11(16)17/h1-6H,(H,12,13)(H,14,15)(H,16,17). The molecule has 0 fully saturated rings. The largest absolute Gasteiger partial charge is 0.478 e. The average Bonchev–Trinajstić information content (AvgIpc) is 2.83. The molecule has 86 valence electrons. The van der Waals surface area contributed by atoms with Gasteiger partial charge in [0.1, 0.15) is 5.69 Å². The van der Waals surface area contributed by atoms with Gasteiger partial charge in [0.25, 0.3) is 5.91 Å². The Labute approximate surface area is 96.3 Å². The number of carboxylic acids is 1. The van der Waals surface area contributed by atoms with E-state index >= 15 is 0 Å². The van der Waals surface area contributed by atoms with Crippen molar-refractivity contribution in [2.45, 2.75) is 0 Å². The van der Waals surface area contributed by atoms with Crippen molar-refractivity contribution in [3.63, 3.8) is 0 Å². The molecule has 0 saturated carbocycles. The van der Waals surface area contributed by atoms with Gasteiger partial charge in [0.2, 0.25) is 0 Å². The van der Waals surface area contributed by atoms with E-state index in [1.807, 2.05) is 0 Å². The fourth-order valence-corrected chi connectivity index (χ4v) is 1.27. The summed E-state index contributed by atoms with van der Waals surface area (Å²) < 4.78 is 0. The summed E-state index contributed by atoms with van der Waals surface area (Å²) in [6.45, 7) is 0. The lowest BCUT2D eigenvalue weighted by atomic mass is 10.2. The number of aromatic carboxylic acids is 1. The Balaban J connectivity index is 2.09. The first-order chi connectivity index (χ1) is 8.16. The number of aromatic amines is 1. The topological polar surface area (TPSA) is 95.1 Å². The van der Waals surface area contributed by atoms with E-state index in [0.29, 0.717) is 11.4 Å². The first kappa shape index (κ1) is 10.9. The number of aromatic nitrogens is 2. The third-order valence-electron chi connectivity index (χ3n) is 2.13. The number of imidazole rings is 1. The zero-order valence-corrected chi connectivity index (χ0v) is 8.68. The van der Waals surface area contributed by atoms with E-state index in [-0.39, 0.29) is 11.5 Å². The lowest BCUT2D eigenvalue weighted by Gasteiger charge is -2.03. The number of anilines is 1. The third-order valence-corrected chi connectivity index (χ3v) is 2.13. The zero-order valence-electron chi connectivity index (χ0n) is 8.68. The number of benzene rings is 1. The molecule has 0 bridgehead atoms. The number of hydrogen-bond acceptors (Lipinski definition) is 3. The number of rotatable bonds is 3. The average molecular weight is 231 g/mol. The van der Waals surface area contributed by atoms with Crippen LogP contribution in [0, 0.1) is 0 Å². The molecular formula is C11H9N3O3. The molecule has 1 aromatic carbocycles. The highest BCUT2D eigenvalue weighted by Crippen LogP contribution is 2.10. The lowest BCUT2D eigenvalue weighted by molar-refractivity contribution is 0.0696. The number of nitrogens with one attached hydrogen (secondary N) is 2. The van der Waals surface area contributed by atoms with Crippen molar-refractivity contribution in [1.82, 2.24) is 9.97 Å². The second kappa shape index (κ2) is 4.48. The summed E-state index contributed by atoms with van der Waals surface area (Å²) in [7, 11) is 0. The molecule has 0 saturated heterocycles. The summed E-state index contributed by atoms with van der Waals surface area (Å²) in [5.74, 6) is -1.33. The van der Waals surface area contributed by atoms with Gasteiger partial charge in [-0.1, -0.05) is 0 Å². The summed E-state index contributed by atoms with van der Waals surface area (Å²) in [4.78, 5) is 28.6. The molecule has 2 aromatic rings. The first-order valence-corrected chi connectivity index (χ1v) is 4.80. The van der Waals surface area contributed by atoms with Crippen LogP contribution in [0.1, 0.15) is 20.8 Å². The number of H-pyrrole nitrogens is 1. The first-order valence-electron chi connectivity index (χ1n) is 4.80.